The van der Waals surface area contributed by atoms with E-state index in [9.17, 15) is 31.1 Å². The van der Waals surface area contributed by atoms with Crippen LogP contribution in [0.25, 0.3) is 0 Å². The molecule has 0 heterocycles. The molecular formula is C8H10F6O2. The van der Waals surface area contributed by atoms with E-state index in [1.54, 1.807) is 0 Å². The van der Waals surface area contributed by atoms with Gasteiger partial charge in [0.1, 0.15) is 5.60 Å². The van der Waals surface area contributed by atoms with Crippen molar-refractivity contribution in [2.45, 2.75) is 44.6 Å². The van der Waals surface area contributed by atoms with Crippen LogP contribution in [0.15, 0.2) is 0 Å². The van der Waals surface area contributed by atoms with Crippen molar-refractivity contribution in [3.8, 4) is 0 Å². The Hall–Kier alpha value is -0.950. The minimum atomic E-state index is -6.14. The second-order valence-corrected chi connectivity index (χ2v) is 4.02. The van der Waals surface area contributed by atoms with Crippen molar-refractivity contribution in [2.24, 2.45) is 0 Å². The lowest BCUT2D eigenvalue weighted by atomic mass is 10.1. The molecule has 16 heavy (non-hydrogen) atoms. The van der Waals surface area contributed by atoms with Crippen LogP contribution < -0.4 is 0 Å². The molecule has 0 saturated carbocycles. The highest BCUT2D eigenvalue weighted by Gasteiger charge is 2.66. The fourth-order valence-corrected chi connectivity index (χ4v) is 0.645. The van der Waals surface area contributed by atoms with Gasteiger partial charge < -0.3 is 4.74 Å². The van der Waals surface area contributed by atoms with Gasteiger partial charge in [-0.05, 0) is 20.8 Å². The summed E-state index contributed by atoms with van der Waals surface area (Å²) in [5.41, 5.74) is -1.34. The molecule has 0 aromatic heterocycles. The third-order valence-corrected chi connectivity index (χ3v) is 1.31. The number of alkyl halides is 6. The summed E-state index contributed by atoms with van der Waals surface area (Å²) in [6.45, 7) is 3.63. The second-order valence-electron chi connectivity index (χ2n) is 4.02. The molecule has 2 nitrogen and oxygen atoms in total. The SMILES string of the molecule is CC(C)(C)OC(=O)C(F)C(F)(F)C(F)(F)F. The maximum atomic E-state index is 12.7. The van der Waals surface area contributed by atoms with E-state index in [0.717, 1.165) is 0 Å². The largest absolute Gasteiger partial charge is 0.458 e. The molecule has 0 rings (SSSR count). The van der Waals surface area contributed by atoms with E-state index >= 15 is 0 Å². The first-order valence-electron chi connectivity index (χ1n) is 4.10. The molecule has 0 aromatic rings. The Kier molecular flexibility index (Phi) is 3.89. The number of rotatable bonds is 2. The highest BCUT2D eigenvalue weighted by molar-refractivity contribution is 5.76. The van der Waals surface area contributed by atoms with Crippen LogP contribution in [0.3, 0.4) is 0 Å². The summed E-state index contributed by atoms with van der Waals surface area (Å²) in [6.07, 6.45) is -10.2. The predicted octanol–water partition coefficient (Wildman–Crippen LogP) is 2.86. The van der Waals surface area contributed by atoms with Gasteiger partial charge >= 0.3 is 18.1 Å². The first kappa shape index (κ1) is 15.0. The van der Waals surface area contributed by atoms with Crippen molar-refractivity contribution in [1.29, 1.82) is 0 Å². The molecule has 0 aliphatic carbocycles. The van der Waals surface area contributed by atoms with Crippen molar-refractivity contribution >= 4 is 5.97 Å². The molecule has 0 aliphatic heterocycles. The van der Waals surface area contributed by atoms with E-state index in [-0.39, 0.29) is 0 Å². The zero-order valence-electron chi connectivity index (χ0n) is 8.66. The fourth-order valence-electron chi connectivity index (χ4n) is 0.645. The van der Waals surface area contributed by atoms with E-state index in [1.807, 2.05) is 0 Å². The number of halogens is 6. The Morgan fingerprint density at radius 3 is 1.69 bits per heavy atom. The lowest BCUT2D eigenvalue weighted by Crippen LogP contribution is -2.50. The van der Waals surface area contributed by atoms with Crippen LogP contribution in [-0.2, 0) is 9.53 Å². The standard InChI is InChI=1S/C8H10F6O2/c1-6(2,3)16-5(15)4(9)7(10,11)8(12,13)14/h4H,1-3H3. The molecule has 0 aliphatic rings. The van der Waals surface area contributed by atoms with Gasteiger partial charge in [-0.1, -0.05) is 0 Å². The Balaban J connectivity index is 4.81. The molecule has 1 unspecified atom stereocenters. The molecule has 0 N–H and O–H groups in total. The van der Waals surface area contributed by atoms with Gasteiger partial charge in [0.05, 0.1) is 0 Å². The van der Waals surface area contributed by atoms with Crippen LogP contribution >= 0.6 is 0 Å². The van der Waals surface area contributed by atoms with Crippen molar-refractivity contribution in [3.05, 3.63) is 0 Å². The van der Waals surface area contributed by atoms with E-state index < -0.39 is 29.8 Å². The first-order chi connectivity index (χ1) is 6.79. The molecule has 0 spiro atoms. The highest BCUT2D eigenvalue weighted by atomic mass is 19.4. The smallest absolute Gasteiger partial charge is 0.457 e. The van der Waals surface area contributed by atoms with E-state index in [2.05, 4.69) is 4.74 Å². The molecule has 0 aromatic carbocycles. The molecular weight excluding hydrogens is 242 g/mol. The Labute approximate surface area is 87.6 Å². The third-order valence-electron chi connectivity index (χ3n) is 1.31. The number of ether oxygens (including phenoxy) is 1. The summed E-state index contributed by atoms with van der Waals surface area (Å²) in [6, 6.07) is 0. The zero-order valence-corrected chi connectivity index (χ0v) is 8.66. The Morgan fingerprint density at radius 2 is 1.44 bits per heavy atom. The molecule has 8 heteroatoms. The highest BCUT2D eigenvalue weighted by Crippen LogP contribution is 2.40. The van der Waals surface area contributed by atoms with Crippen molar-refractivity contribution < 1.29 is 35.9 Å². The van der Waals surface area contributed by atoms with Crippen molar-refractivity contribution in [2.75, 3.05) is 0 Å². The summed E-state index contributed by atoms with van der Waals surface area (Å²) < 4.78 is 76.5. The normalized spacial score (nSPS) is 15.8. The van der Waals surface area contributed by atoms with Gasteiger partial charge in [0, 0.05) is 0 Å². The van der Waals surface area contributed by atoms with Gasteiger partial charge in [0.2, 0.25) is 0 Å². The Morgan fingerprint density at radius 1 is 1.06 bits per heavy atom. The lowest BCUT2D eigenvalue weighted by Gasteiger charge is -2.25. The lowest BCUT2D eigenvalue weighted by molar-refractivity contribution is -0.302. The average molecular weight is 252 g/mol. The van der Waals surface area contributed by atoms with Gasteiger partial charge in [-0.3, -0.25) is 0 Å². The minimum Gasteiger partial charge on any atom is -0.458 e. The van der Waals surface area contributed by atoms with Gasteiger partial charge in [-0.2, -0.15) is 22.0 Å². The summed E-state index contributed by atoms with van der Waals surface area (Å²) >= 11 is 0. The van der Waals surface area contributed by atoms with E-state index in [0.29, 0.717) is 0 Å². The topological polar surface area (TPSA) is 26.3 Å². The zero-order chi connectivity index (χ0) is 13.4. The average Bonchev–Trinajstić information content (AvgIpc) is 1.97. The number of esters is 1. The summed E-state index contributed by atoms with van der Waals surface area (Å²) in [5.74, 6) is -8.00. The molecule has 0 fully saturated rings. The van der Waals surface area contributed by atoms with Gasteiger partial charge in [0.15, 0.2) is 0 Å². The van der Waals surface area contributed by atoms with Crippen LogP contribution in [0.2, 0.25) is 0 Å². The predicted molar refractivity (Wildman–Crippen MR) is 41.7 cm³/mol. The quantitative estimate of drug-likeness (QED) is 0.558. The van der Waals surface area contributed by atoms with Gasteiger partial charge in [-0.25, -0.2) is 9.18 Å². The molecule has 0 amide bonds. The summed E-state index contributed by atoms with van der Waals surface area (Å²) in [4.78, 5) is 10.7. The summed E-state index contributed by atoms with van der Waals surface area (Å²) in [7, 11) is 0. The fraction of sp³-hybridized carbons (Fsp3) is 0.875. The van der Waals surface area contributed by atoms with Gasteiger partial charge in [-0.15, -0.1) is 0 Å². The van der Waals surface area contributed by atoms with Crippen LogP contribution in [0, 0.1) is 0 Å². The maximum absolute atomic E-state index is 12.7. The van der Waals surface area contributed by atoms with Crippen LogP contribution in [-0.4, -0.2) is 29.8 Å². The maximum Gasteiger partial charge on any atom is 0.457 e. The summed E-state index contributed by atoms with van der Waals surface area (Å²) in [5, 5.41) is 0. The number of carbonyl (C=O) groups excluding carboxylic acids is 1. The monoisotopic (exact) mass is 252 g/mol. The molecule has 96 valence electrons. The molecule has 0 bridgehead atoms. The second kappa shape index (κ2) is 4.14. The van der Waals surface area contributed by atoms with E-state index in [1.165, 1.54) is 20.8 Å². The number of hydrogen-bond donors (Lipinski definition) is 0. The van der Waals surface area contributed by atoms with Crippen LogP contribution in [0.4, 0.5) is 26.3 Å². The third kappa shape index (κ3) is 3.57. The first-order valence-corrected chi connectivity index (χ1v) is 4.10. The van der Waals surface area contributed by atoms with Crippen LogP contribution in [0.5, 0.6) is 0 Å². The molecule has 0 saturated heterocycles. The number of carbonyl (C=O) groups is 1. The molecule has 1 atom stereocenters. The van der Waals surface area contributed by atoms with E-state index in [4.69, 9.17) is 0 Å². The van der Waals surface area contributed by atoms with Crippen molar-refractivity contribution in [3.63, 3.8) is 0 Å². The minimum absolute atomic E-state index is 1.21. The molecule has 0 radical (unpaired) electrons. The van der Waals surface area contributed by atoms with Crippen LogP contribution in [0.1, 0.15) is 20.8 Å². The van der Waals surface area contributed by atoms with Crippen molar-refractivity contribution in [1.82, 2.24) is 0 Å². The number of hydrogen-bond acceptors (Lipinski definition) is 2. The Bertz CT molecular complexity index is 265. The van der Waals surface area contributed by atoms with Gasteiger partial charge in [0.25, 0.3) is 6.17 Å².